The molecular weight excluding hydrogens is 120 g/mol. The summed E-state index contributed by atoms with van der Waals surface area (Å²) in [6.07, 6.45) is 9.56. The van der Waals surface area contributed by atoms with Crippen LogP contribution in [0.3, 0.4) is 0 Å². The molecule has 0 heteroatoms. The van der Waals surface area contributed by atoms with Crippen LogP contribution in [0, 0.1) is 0 Å². The van der Waals surface area contributed by atoms with Crippen LogP contribution in [0.2, 0.25) is 0 Å². The molecule has 0 heterocycles. The molecule has 2 bridgehead atoms. The maximum absolute atomic E-state index is 3.55. The summed E-state index contributed by atoms with van der Waals surface area (Å²) in [4.78, 5) is 0. The third kappa shape index (κ3) is 1.17. The van der Waals surface area contributed by atoms with E-state index in [0.717, 1.165) is 0 Å². The van der Waals surface area contributed by atoms with Crippen LogP contribution in [0.5, 0.6) is 0 Å². The van der Waals surface area contributed by atoms with Crippen molar-refractivity contribution in [2.75, 3.05) is 0 Å². The molecular formula is C10H14. The fourth-order valence-electron chi connectivity index (χ4n) is 1.94. The Kier molecular flexibility index (Phi) is 1.65. The van der Waals surface area contributed by atoms with Gasteiger partial charge in [-0.15, -0.1) is 5.73 Å². The van der Waals surface area contributed by atoms with Crippen molar-refractivity contribution in [1.29, 1.82) is 0 Å². The van der Waals surface area contributed by atoms with Crippen LogP contribution in [-0.2, 0) is 0 Å². The van der Waals surface area contributed by atoms with Crippen LogP contribution in [0.4, 0.5) is 0 Å². The summed E-state index contributed by atoms with van der Waals surface area (Å²) >= 11 is 0. The summed E-state index contributed by atoms with van der Waals surface area (Å²) in [6, 6.07) is 0. The van der Waals surface area contributed by atoms with Gasteiger partial charge in [-0.05, 0) is 56.1 Å². The minimum Gasteiger partial charge on any atom is -0.123 e. The van der Waals surface area contributed by atoms with Crippen LogP contribution in [0.25, 0.3) is 0 Å². The second-order valence-electron chi connectivity index (χ2n) is 3.39. The smallest absolute Gasteiger partial charge is 0.0241 e. The Morgan fingerprint density at radius 2 is 1.20 bits per heavy atom. The average molecular weight is 134 g/mol. The molecule has 0 fully saturated rings. The van der Waals surface area contributed by atoms with Gasteiger partial charge in [-0.2, -0.15) is 0 Å². The van der Waals surface area contributed by atoms with Gasteiger partial charge in [0, 0.05) is 0 Å². The van der Waals surface area contributed by atoms with E-state index in [0.29, 0.717) is 0 Å². The third-order valence-electron chi connectivity index (χ3n) is 2.52. The Morgan fingerprint density at radius 3 is 1.80 bits per heavy atom. The van der Waals surface area contributed by atoms with Crippen molar-refractivity contribution in [3.8, 4) is 0 Å². The van der Waals surface area contributed by atoms with E-state index < -0.39 is 0 Å². The summed E-state index contributed by atoms with van der Waals surface area (Å²) in [5, 5.41) is 0. The van der Waals surface area contributed by atoms with Gasteiger partial charge in [0.05, 0.1) is 0 Å². The lowest BCUT2D eigenvalue weighted by Crippen LogP contribution is -1.88. The topological polar surface area (TPSA) is 0 Å². The molecule has 2 rings (SSSR count). The zero-order valence-corrected chi connectivity index (χ0v) is 6.45. The Hall–Kier alpha value is -0.480. The maximum atomic E-state index is 3.55. The molecule has 0 N–H and O–H groups in total. The molecule has 10 heavy (non-hydrogen) atoms. The first kappa shape index (κ1) is 6.24. The molecule has 0 radical (unpaired) electrons. The summed E-state index contributed by atoms with van der Waals surface area (Å²) in [5.41, 5.74) is 6.77. The normalized spacial score (nSPS) is 24.8. The van der Waals surface area contributed by atoms with E-state index in [1.807, 2.05) is 0 Å². The molecule has 0 nitrogen and oxygen atoms in total. The molecule has 0 unspecified atom stereocenters. The monoisotopic (exact) mass is 134 g/mol. The summed E-state index contributed by atoms with van der Waals surface area (Å²) in [7, 11) is 0. The predicted molar refractivity (Wildman–Crippen MR) is 42.9 cm³/mol. The highest BCUT2D eigenvalue weighted by Crippen LogP contribution is 2.28. The van der Waals surface area contributed by atoms with Crippen LogP contribution >= 0.6 is 0 Å². The number of allylic oxidation sites excluding steroid dienone is 1. The molecule has 2 aliphatic carbocycles. The van der Waals surface area contributed by atoms with E-state index in [2.05, 4.69) is 5.73 Å². The van der Waals surface area contributed by atoms with Gasteiger partial charge >= 0.3 is 0 Å². The van der Waals surface area contributed by atoms with Crippen molar-refractivity contribution in [3.63, 3.8) is 0 Å². The number of hydrogen-bond acceptors (Lipinski definition) is 0. The lowest BCUT2D eigenvalue weighted by molar-refractivity contribution is 0.741. The lowest BCUT2D eigenvalue weighted by Gasteiger charge is -2.07. The van der Waals surface area contributed by atoms with Crippen molar-refractivity contribution >= 4 is 0 Å². The molecule has 0 spiro atoms. The molecule has 0 amide bonds. The van der Waals surface area contributed by atoms with Gasteiger partial charge < -0.3 is 0 Å². The highest BCUT2D eigenvalue weighted by atomic mass is 14.1. The second-order valence-corrected chi connectivity index (χ2v) is 3.39. The molecule has 0 saturated carbocycles. The van der Waals surface area contributed by atoms with Crippen molar-refractivity contribution in [2.24, 2.45) is 0 Å². The largest absolute Gasteiger partial charge is 0.123 e. The predicted octanol–water partition coefficient (Wildman–Crippen LogP) is 3.20. The van der Waals surface area contributed by atoms with E-state index in [1.54, 1.807) is 11.1 Å². The summed E-state index contributed by atoms with van der Waals surface area (Å²) < 4.78 is 0. The maximum Gasteiger partial charge on any atom is -0.0241 e. The summed E-state index contributed by atoms with van der Waals surface area (Å²) in [5.74, 6) is 0. The van der Waals surface area contributed by atoms with Crippen molar-refractivity contribution < 1.29 is 0 Å². The SMILES string of the molecule is C1=C2CCCCC=1CCC2. The minimum atomic E-state index is 1.34. The highest BCUT2D eigenvalue weighted by molar-refractivity contribution is 5.15. The van der Waals surface area contributed by atoms with E-state index in [4.69, 9.17) is 0 Å². The standard InChI is InChI=1S/C10H14/c1-2-5-10-7-3-6-9(4-1)8-10/h1-7H2. The second kappa shape index (κ2) is 2.64. The summed E-state index contributed by atoms with van der Waals surface area (Å²) in [6.45, 7) is 0. The van der Waals surface area contributed by atoms with Crippen LogP contribution in [-0.4, -0.2) is 0 Å². The fraction of sp³-hybridized carbons (Fsp3) is 0.700. The number of rotatable bonds is 0. The molecule has 0 aromatic heterocycles. The Labute approximate surface area is 62.6 Å². The van der Waals surface area contributed by atoms with Gasteiger partial charge in [0.2, 0.25) is 0 Å². The first-order chi connectivity index (χ1) is 4.95. The minimum absolute atomic E-state index is 1.34. The first-order valence-electron chi connectivity index (χ1n) is 4.41. The molecule has 0 aromatic carbocycles. The van der Waals surface area contributed by atoms with Gasteiger partial charge in [-0.3, -0.25) is 0 Å². The molecule has 54 valence electrons. The fourth-order valence-corrected chi connectivity index (χ4v) is 1.94. The third-order valence-corrected chi connectivity index (χ3v) is 2.52. The van der Waals surface area contributed by atoms with E-state index in [1.165, 1.54) is 44.9 Å². The van der Waals surface area contributed by atoms with Gasteiger partial charge in [-0.25, -0.2) is 0 Å². The van der Waals surface area contributed by atoms with Crippen LogP contribution in [0.15, 0.2) is 16.9 Å². The van der Waals surface area contributed by atoms with Crippen molar-refractivity contribution in [2.45, 2.75) is 44.9 Å². The Bertz CT molecular complexity index is 174. The van der Waals surface area contributed by atoms with Crippen molar-refractivity contribution in [1.82, 2.24) is 0 Å². The first-order valence-corrected chi connectivity index (χ1v) is 4.41. The average Bonchev–Trinajstić information content (AvgIpc) is 2.12. The van der Waals surface area contributed by atoms with Crippen molar-refractivity contribution in [3.05, 3.63) is 16.9 Å². The van der Waals surface area contributed by atoms with Gasteiger partial charge in [0.15, 0.2) is 0 Å². The van der Waals surface area contributed by atoms with E-state index in [9.17, 15) is 0 Å². The zero-order chi connectivity index (χ0) is 6.81. The van der Waals surface area contributed by atoms with E-state index >= 15 is 0 Å². The molecule has 2 aliphatic rings. The molecule has 0 saturated heterocycles. The van der Waals surface area contributed by atoms with Crippen LogP contribution < -0.4 is 0 Å². The Morgan fingerprint density at radius 1 is 0.700 bits per heavy atom. The van der Waals surface area contributed by atoms with Gasteiger partial charge in [-0.1, -0.05) is 0 Å². The highest BCUT2D eigenvalue weighted by Gasteiger charge is 2.09. The zero-order valence-electron chi connectivity index (χ0n) is 6.45. The van der Waals surface area contributed by atoms with E-state index in [-0.39, 0.29) is 0 Å². The van der Waals surface area contributed by atoms with Crippen LogP contribution in [0.1, 0.15) is 44.9 Å². The molecule has 0 aliphatic heterocycles. The molecule has 0 aromatic rings. The van der Waals surface area contributed by atoms with Gasteiger partial charge in [0.1, 0.15) is 0 Å². The Balaban J connectivity index is 2.26. The lowest BCUT2D eigenvalue weighted by atomic mass is 9.98. The van der Waals surface area contributed by atoms with Gasteiger partial charge in [0.25, 0.3) is 0 Å². The quantitative estimate of drug-likeness (QED) is 0.446. The molecule has 0 atom stereocenters. The number of hydrogen-bond donors (Lipinski definition) is 0.